The average Bonchev–Trinajstić information content (AvgIpc) is 2.76. The predicted molar refractivity (Wildman–Crippen MR) is 81.6 cm³/mol. The van der Waals surface area contributed by atoms with Crippen LogP contribution < -0.4 is 9.64 Å². The lowest BCUT2D eigenvalue weighted by atomic mass is 10.1. The Morgan fingerprint density at radius 1 is 1.19 bits per heavy atom. The van der Waals surface area contributed by atoms with E-state index < -0.39 is 11.7 Å². The van der Waals surface area contributed by atoms with Crippen LogP contribution in [0.2, 0.25) is 5.02 Å². The molecule has 0 aliphatic heterocycles. The Morgan fingerprint density at radius 3 is 2.24 bits per heavy atom. The topological polar surface area (TPSA) is 20.3 Å². The van der Waals surface area contributed by atoms with Gasteiger partial charge in [-0.25, -0.2) is 0 Å². The first-order valence-electron chi connectivity index (χ1n) is 6.02. The summed E-state index contributed by atoms with van der Waals surface area (Å²) in [5.74, 6) is 0. The number of anilines is 1. The second kappa shape index (κ2) is 6.37. The molecule has 0 atom stereocenters. The maximum absolute atomic E-state index is 12.5. The van der Waals surface area contributed by atoms with Gasteiger partial charge in [0.25, 0.3) is 4.74 Å². The molecule has 0 saturated carbocycles. The number of benzene rings is 1. The fourth-order valence-corrected chi connectivity index (χ4v) is 4.54. The molecule has 0 aliphatic carbocycles. The third-order valence-electron chi connectivity index (χ3n) is 2.89. The van der Waals surface area contributed by atoms with E-state index in [1.807, 2.05) is 11.8 Å². The highest BCUT2D eigenvalue weighted by atomic mass is 35.5. The van der Waals surface area contributed by atoms with Crippen LogP contribution in [0.5, 0.6) is 0 Å². The van der Waals surface area contributed by atoms with Gasteiger partial charge >= 0.3 is 6.18 Å². The van der Waals surface area contributed by atoms with Crippen molar-refractivity contribution in [2.75, 3.05) is 11.4 Å². The quantitative estimate of drug-likeness (QED) is 0.731. The van der Waals surface area contributed by atoms with E-state index in [0.717, 1.165) is 28.0 Å². The van der Waals surface area contributed by atoms with Crippen molar-refractivity contribution >= 4 is 37.3 Å². The van der Waals surface area contributed by atoms with Gasteiger partial charge in [-0.05, 0) is 35.0 Å². The van der Waals surface area contributed by atoms with E-state index in [9.17, 15) is 18.0 Å². The molecule has 1 aromatic carbocycles. The van der Waals surface area contributed by atoms with Crippen LogP contribution in [0.4, 0.5) is 18.2 Å². The van der Waals surface area contributed by atoms with Crippen molar-refractivity contribution in [2.24, 2.45) is 0 Å². The second-order valence-corrected chi connectivity index (χ2v) is 6.75. The molecule has 1 heterocycles. The summed E-state index contributed by atoms with van der Waals surface area (Å²) in [5, 5.41) is 0.841. The van der Waals surface area contributed by atoms with E-state index in [0.29, 0.717) is 18.1 Å². The Balaban J connectivity index is 2.19. The zero-order valence-corrected chi connectivity index (χ0v) is 13.3. The fourth-order valence-electron chi connectivity index (χ4n) is 1.78. The summed E-state index contributed by atoms with van der Waals surface area (Å²) in [7, 11) is 2.33. The molecule has 21 heavy (non-hydrogen) atoms. The monoisotopic (exact) mass is 353 g/mol. The van der Waals surface area contributed by atoms with Crippen LogP contribution in [-0.2, 0) is 12.7 Å². The Hall–Kier alpha value is -1.05. The number of hydrogen-bond donors (Lipinski definition) is 0. The van der Waals surface area contributed by atoms with Crippen LogP contribution in [0.25, 0.3) is 0 Å². The van der Waals surface area contributed by atoms with Gasteiger partial charge in [0.05, 0.1) is 5.56 Å². The van der Waals surface area contributed by atoms with Gasteiger partial charge < -0.3 is 4.90 Å². The van der Waals surface area contributed by atoms with Gasteiger partial charge in [0.15, 0.2) is 0 Å². The van der Waals surface area contributed by atoms with Gasteiger partial charge in [-0.1, -0.05) is 34.1 Å². The number of alkyl halides is 3. The van der Waals surface area contributed by atoms with Crippen LogP contribution in [0.1, 0.15) is 18.1 Å². The largest absolute Gasteiger partial charge is 0.416 e. The highest BCUT2D eigenvalue weighted by Crippen LogP contribution is 2.33. The summed E-state index contributed by atoms with van der Waals surface area (Å²) >= 11 is 5.95. The molecule has 0 bridgehead atoms. The third-order valence-corrected chi connectivity index (χ3v) is 5.70. The molecular formula is C13H11ClF3NOS2. The summed E-state index contributed by atoms with van der Waals surface area (Å²) in [6.45, 7) is 2.91. The van der Waals surface area contributed by atoms with Crippen LogP contribution in [0.3, 0.4) is 0 Å². The number of rotatable bonds is 4. The Labute approximate surface area is 131 Å². The van der Waals surface area contributed by atoms with E-state index in [2.05, 4.69) is 0 Å². The molecule has 0 aliphatic rings. The Kier molecular flexibility index (Phi) is 4.95. The van der Waals surface area contributed by atoms with E-state index in [4.69, 9.17) is 11.6 Å². The zero-order chi connectivity index (χ0) is 15.6. The van der Waals surface area contributed by atoms with Crippen molar-refractivity contribution in [1.29, 1.82) is 0 Å². The van der Waals surface area contributed by atoms with E-state index >= 15 is 0 Å². The van der Waals surface area contributed by atoms with Gasteiger partial charge in [-0.3, -0.25) is 4.79 Å². The number of hydrogen-bond acceptors (Lipinski definition) is 4. The Morgan fingerprint density at radius 2 is 1.81 bits per heavy atom. The molecule has 0 radical (unpaired) electrons. The maximum Gasteiger partial charge on any atom is 0.416 e. The minimum absolute atomic E-state index is 0.179. The summed E-state index contributed by atoms with van der Waals surface area (Å²) in [5.41, 5.74) is 0.0549. The molecule has 0 spiro atoms. The first kappa shape index (κ1) is 16.3. The van der Waals surface area contributed by atoms with Crippen LogP contribution in [-0.4, -0.2) is 6.54 Å². The molecule has 0 saturated heterocycles. The van der Waals surface area contributed by atoms with Crippen LogP contribution in [0, 0.1) is 0 Å². The fraction of sp³-hybridized carbons (Fsp3) is 0.308. The van der Waals surface area contributed by atoms with E-state index in [-0.39, 0.29) is 9.77 Å². The molecule has 114 valence electrons. The minimum atomic E-state index is -4.33. The van der Waals surface area contributed by atoms with Crippen molar-refractivity contribution in [3.63, 3.8) is 0 Å². The Bertz CT molecular complexity index is 663. The summed E-state index contributed by atoms with van der Waals surface area (Å²) in [6.07, 6.45) is -4.33. The van der Waals surface area contributed by atoms with Crippen molar-refractivity contribution in [2.45, 2.75) is 19.6 Å². The average molecular weight is 354 g/mol. The highest BCUT2D eigenvalue weighted by Gasteiger charge is 2.30. The van der Waals surface area contributed by atoms with Crippen LogP contribution >= 0.6 is 32.3 Å². The molecular weight excluding hydrogens is 343 g/mol. The smallest absolute Gasteiger partial charge is 0.357 e. The molecule has 0 unspecified atom stereocenters. The summed E-state index contributed by atoms with van der Waals surface area (Å²) in [6, 6.07) is 4.99. The lowest BCUT2D eigenvalue weighted by Crippen LogP contribution is -2.21. The number of nitrogens with zero attached hydrogens (tertiary/aromatic N) is 1. The van der Waals surface area contributed by atoms with Crippen molar-refractivity contribution < 1.29 is 13.2 Å². The molecule has 2 rings (SSSR count). The lowest BCUT2D eigenvalue weighted by molar-refractivity contribution is -0.137. The third kappa shape index (κ3) is 3.78. The molecule has 0 N–H and O–H groups in total. The van der Waals surface area contributed by atoms with Gasteiger partial charge in [-0.15, -0.1) is 0 Å². The van der Waals surface area contributed by atoms with Crippen molar-refractivity contribution in [3.8, 4) is 0 Å². The van der Waals surface area contributed by atoms with Gasteiger partial charge in [0, 0.05) is 13.1 Å². The standard InChI is InChI=1S/C13H11ClF3NOS2/c1-2-18(11-10(14)12(19)21-20-11)7-8-3-5-9(6-4-8)13(15,16)17/h3-6H,2,7H2,1H3. The molecule has 0 fully saturated rings. The van der Waals surface area contributed by atoms with Crippen LogP contribution in [0.15, 0.2) is 29.1 Å². The first-order chi connectivity index (χ1) is 9.82. The molecule has 0 amide bonds. The van der Waals surface area contributed by atoms with Crippen molar-refractivity contribution in [3.05, 3.63) is 50.0 Å². The predicted octanol–water partition coefficient (Wildman–Crippen LogP) is 4.87. The SMILES string of the molecule is CCN(Cc1ccc(C(F)(F)F)cc1)c1ssc(=O)c1Cl. The maximum atomic E-state index is 12.5. The highest BCUT2D eigenvalue weighted by molar-refractivity contribution is 7.70. The summed E-state index contributed by atoms with van der Waals surface area (Å²) in [4.78, 5) is 13.3. The molecule has 8 heteroatoms. The van der Waals surface area contributed by atoms with Crippen molar-refractivity contribution in [1.82, 2.24) is 0 Å². The minimum Gasteiger partial charge on any atom is -0.357 e. The normalized spacial score (nSPS) is 11.7. The molecule has 2 aromatic rings. The summed E-state index contributed by atoms with van der Waals surface area (Å²) < 4.78 is 37.3. The lowest BCUT2D eigenvalue weighted by Gasteiger charge is -2.21. The first-order valence-corrected chi connectivity index (χ1v) is 8.55. The zero-order valence-electron chi connectivity index (χ0n) is 10.9. The number of halogens is 4. The van der Waals surface area contributed by atoms with E-state index in [1.165, 1.54) is 22.5 Å². The van der Waals surface area contributed by atoms with E-state index in [1.54, 1.807) is 0 Å². The van der Waals surface area contributed by atoms with Gasteiger partial charge in [0.1, 0.15) is 10.0 Å². The molecule has 2 nitrogen and oxygen atoms in total. The van der Waals surface area contributed by atoms with Gasteiger partial charge in [0.2, 0.25) is 0 Å². The second-order valence-electron chi connectivity index (χ2n) is 4.28. The molecule has 1 aromatic heterocycles. The van der Waals surface area contributed by atoms with Gasteiger partial charge in [-0.2, -0.15) is 13.2 Å².